The van der Waals surface area contributed by atoms with Crippen LogP contribution >= 0.6 is 0 Å². The molecule has 16 heavy (non-hydrogen) atoms. The third-order valence-corrected chi connectivity index (χ3v) is 3.06. The first kappa shape index (κ1) is 12.8. The van der Waals surface area contributed by atoms with Gasteiger partial charge in [0.2, 0.25) is 0 Å². The van der Waals surface area contributed by atoms with Crippen molar-refractivity contribution in [3.8, 4) is 0 Å². The summed E-state index contributed by atoms with van der Waals surface area (Å²) in [5.41, 5.74) is 1.11. The maximum absolute atomic E-state index is 11.2. The number of carboxylic acids is 1. The average molecular weight is 220 g/mol. The Kier molecular flexibility index (Phi) is 5.03. The van der Waals surface area contributed by atoms with Gasteiger partial charge in [0.25, 0.3) is 0 Å². The molecule has 0 radical (unpaired) electrons. The summed E-state index contributed by atoms with van der Waals surface area (Å²) < 4.78 is 0. The van der Waals surface area contributed by atoms with Crippen molar-refractivity contribution in [2.45, 2.75) is 33.1 Å². The van der Waals surface area contributed by atoms with Crippen molar-refractivity contribution in [2.24, 2.45) is 11.8 Å². The number of hydrogen-bond acceptors (Lipinski definition) is 1. The second-order valence-electron chi connectivity index (χ2n) is 4.47. The molecule has 0 heterocycles. The molecule has 0 saturated carbocycles. The molecule has 0 amide bonds. The molecule has 1 aromatic carbocycles. The molecule has 0 aliphatic heterocycles. The van der Waals surface area contributed by atoms with Crippen molar-refractivity contribution >= 4 is 5.97 Å². The molecule has 1 N–H and O–H groups in total. The van der Waals surface area contributed by atoms with Gasteiger partial charge in [-0.25, -0.2) is 0 Å². The van der Waals surface area contributed by atoms with Crippen LogP contribution in [0.3, 0.4) is 0 Å². The summed E-state index contributed by atoms with van der Waals surface area (Å²) in [5, 5.41) is 9.18. The van der Waals surface area contributed by atoms with Gasteiger partial charge in [0.15, 0.2) is 0 Å². The van der Waals surface area contributed by atoms with Crippen LogP contribution in [0.1, 0.15) is 32.3 Å². The molecule has 0 aliphatic rings. The summed E-state index contributed by atoms with van der Waals surface area (Å²) in [5.74, 6) is -0.452. The lowest BCUT2D eigenvalue weighted by Gasteiger charge is -2.16. The van der Waals surface area contributed by atoms with Gasteiger partial charge >= 0.3 is 5.97 Å². The predicted molar refractivity (Wildman–Crippen MR) is 65.3 cm³/mol. The van der Waals surface area contributed by atoms with E-state index < -0.39 is 5.97 Å². The molecule has 0 aliphatic carbocycles. The van der Waals surface area contributed by atoms with E-state index in [1.165, 1.54) is 0 Å². The Balaban J connectivity index is 2.62. The van der Waals surface area contributed by atoms with Crippen LogP contribution < -0.4 is 0 Å². The van der Waals surface area contributed by atoms with Crippen LogP contribution in [-0.2, 0) is 11.2 Å². The SMILES string of the molecule is CCC(C)CC(Cc1ccccc1)C(=O)O. The lowest BCUT2D eigenvalue weighted by molar-refractivity contribution is -0.142. The summed E-state index contributed by atoms with van der Waals surface area (Å²) in [6, 6.07) is 9.85. The Morgan fingerprint density at radius 2 is 1.94 bits per heavy atom. The highest BCUT2D eigenvalue weighted by molar-refractivity contribution is 5.70. The first-order valence-electron chi connectivity index (χ1n) is 5.90. The van der Waals surface area contributed by atoms with Crippen molar-refractivity contribution in [3.05, 3.63) is 35.9 Å². The van der Waals surface area contributed by atoms with E-state index in [0.717, 1.165) is 18.4 Å². The fraction of sp³-hybridized carbons (Fsp3) is 0.500. The van der Waals surface area contributed by atoms with Gasteiger partial charge in [-0.05, 0) is 24.3 Å². The van der Waals surface area contributed by atoms with Crippen LogP contribution in [0.5, 0.6) is 0 Å². The highest BCUT2D eigenvalue weighted by atomic mass is 16.4. The topological polar surface area (TPSA) is 37.3 Å². The highest BCUT2D eigenvalue weighted by Gasteiger charge is 2.19. The number of carbonyl (C=O) groups is 1. The second-order valence-corrected chi connectivity index (χ2v) is 4.47. The van der Waals surface area contributed by atoms with Gasteiger partial charge in [0.05, 0.1) is 5.92 Å². The Hall–Kier alpha value is -1.31. The standard InChI is InChI=1S/C14H20O2/c1-3-11(2)9-13(14(15)16)10-12-7-5-4-6-8-12/h4-8,11,13H,3,9-10H2,1-2H3,(H,15,16). The minimum absolute atomic E-state index is 0.252. The zero-order valence-corrected chi connectivity index (χ0v) is 10.0. The van der Waals surface area contributed by atoms with E-state index in [9.17, 15) is 9.90 Å². The molecular weight excluding hydrogens is 200 g/mol. The van der Waals surface area contributed by atoms with Gasteiger partial charge < -0.3 is 5.11 Å². The number of aliphatic carboxylic acids is 1. The zero-order valence-electron chi connectivity index (χ0n) is 10.0. The van der Waals surface area contributed by atoms with Gasteiger partial charge in [0.1, 0.15) is 0 Å². The molecular formula is C14H20O2. The molecule has 2 heteroatoms. The number of benzene rings is 1. The molecule has 2 unspecified atom stereocenters. The summed E-state index contributed by atoms with van der Waals surface area (Å²) in [6.07, 6.45) is 2.44. The summed E-state index contributed by atoms with van der Waals surface area (Å²) in [7, 11) is 0. The van der Waals surface area contributed by atoms with Crippen molar-refractivity contribution < 1.29 is 9.90 Å². The number of hydrogen-bond donors (Lipinski definition) is 1. The molecule has 88 valence electrons. The fourth-order valence-corrected chi connectivity index (χ4v) is 1.82. The number of rotatable bonds is 6. The van der Waals surface area contributed by atoms with E-state index in [0.29, 0.717) is 12.3 Å². The third kappa shape index (κ3) is 4.05. The van der Waals surface area contributed by atoms with Gasteiger partial charge in [0, 0.05) is 0 Å². The Bertz CT molecular complexity index is 319. The normalized spacial score (nSPS) is 14.4. The Morgan fingerprint density at radius 3 is 2.44 bits per heavy atom. The monoisotopic (exact) mass is 220 g/mol. The Labute approximate surface area is 97.3 Å². The highest BCUT2D eigenvalue weighted by Crippen LogP contribution is 2.19. The Morgan fingerprint density at radius 1 is 1.31 bits per heavy atom. The minimum Gasteiger partial charge on any atom is -0.481 e. The molecule has 0 aromatic heterocycles. The van der Waals surface area contributed by atoms with Crippen molar-refractivity contribution in [2.75, 3.05) is 0 Å². The molecule has 0 spiro atoms. The zero-order chi connectivity index (χ0) is 12.0. The van der Waals surface area contributed by atoms with Crippen LogP contribution in [0.15, 0.2) is 30.3 Å². The lowest BCUT2D eigenvalue weighted by atomic mass is 9.89. The number of carboxylic acid groups (broad SMARTS) is 1. The smallest absolute Gasteiger partial charge is 0.306 e. The van der Waals surface area contributed by atoms with Crippen molar-refractivity contribution in [1.29, 1.82) is 0 Å². The van der Waals surface area contributed by atoms with E-state index in [1.807, 2.05) is 30.3 Å². The first-order chi connectivity index (χ1) is 7.63. The van der Waals surface area contributed by atoms with Crippen LogP contribution in [0, 0.1) is 11.8 Å². The minimum atomic E-state index is -0.677. The maximum atomic E-state index is 11.2. The van der Waals surface area contributed by atoms with E-state index >= 15 is 0 Å². The van der Waals surface area contributed by atoms with Gasteiger partial charge in [-0.2, -0.15) is 0 Å². The summed E-state index contributed by atoms with van der Waals surface area (Å²) in [4.78, 5) is 11.2. The molecule has 2 atom stereocenters. The fourth-order valence-electron chi connectivity index (χ4n) is 1.82. The molecule has 1 aromatic rings. The summed E-state index contributed by atoms with van der Waals surface area (Å²) in [6.45, 7) is 4.22. The third-order valence-electron chi connectivity index (χ3n) is 3.06. The van der Waals surface area contributed by atoms with Crippen molar-refractivity contribution in [1.82, 2.24) is 0 Å². The summed E-state index contributed by atoms with van der Waals surface area (Å²) >= 11 is 0. The average Bonchev–Trinajstić information content (AvgIpc) is 2.29. The van der Waals surface area contributed by atoms with Gasteiger partial charge in [-0.15, -0.1) is 0 Å². The van der Waals surface area contributed by atoms with Crippen molar-refractivity contribution in [3.63, 3.8) is 0 Å². The quantitative estimate of drug-likeness (QED) is 0.798. The van der Waals surface area contributed by atoms with Gasteiger partial charge in [-0.1, -0.05) is 50.6 Å². The van der Waals surface area contributed by atoms with E-state index in [1.54, 1.807) is 0 Å². The molecule has 0 bridgehead atoms. The lowest BCUT2D eigenvalue weighted by Crippen LogP contribution is -2.19. The predicted octanol–water partition coefficient (Wildman–Crippen LogP) is 3.37. The van der Waals surface area contributed by atoms with Gasteiger partial charge in [-0.3, -0.25) is 4.79 Å². The van der Waals surface area contributed by atoms with Crippen LogP contribution in [0.4, 0.5) is 0 Å². The van der Waals surface area contributed by atoms with E-state index in [4.69, 9.17) is 0 Å². The first-order valence-corrected chi connectivity index (χ1v) is 5.90. The second kappa shape index (κ2) is 6.31. The van der Waals surface area contributed by atoms with Crippen LogP contribution in [0.2, 0.25) is 0 Å². The molecule has 2 nitrogen and oxygen atoms in total. The van der Waals surface area contributed by atoms with Crippen LogP contribution in [-0.4, -0.2) is 11.1 Å². The molecule has 0 fully saturated rings. The van der Waals surface area contributed by atoms with E-state index in [-0.39, 0.29) is 5.92 Å². The maximum Gasteiger partial charge on any atom is 0.306 e. The van der Waals surface area contributed by atoms with Crippen LogP contribution in [0.25, 0.3) is 0 Å². The largest absolute Gasteiger partial charge is 0.481 e. The molecule has 0 saturated heterocycles. The molecule has 1 rings (SSSR count). The van der Waals surface area contributed by atoms with E-state index in [2.05, 4.69) is 13.8 Å².